The van der Waals surface area contributed by atoms with E-state index in [1.807, 2.05) is 13.8 Å². The highest BCUT2D eigenvalue weighted by Crippen LogP contribution is 2.31. The molecule has 2 rings (SSSR count). The van der Waals surface area contributed by atoms with E-state index in [4.69, 9.17) is 19.3 Å². The number of aliphatic hydroxyl groups is 1. The molecule has 92 valence electrons. The third-order valence-electron chi connectivity index (χ3n) is 2.91. The van der Waals surface area contributed by atoms with Crippen LogP contribution in [-0.2, 0) is 14.2 Å². The first kappa shape index (κ1) is 11.9. The molecule has 2 heterocycles. The summed E-state index contributed by atoms with van der Waals surface area (Å²) in [4.78, 5) is 0. The van der Waals surface area contributed by atoms with Crippen LogP contribution in [0, 0.1) is 0 Å². The molecule has 0 spiro atoms. The zero-order valence-corrected chi connectivity index (χ0v) is 9.94. The molecule has 4 nitrogen and oxygen atoms in total. The number of rotatable bonds is 3. The van der Waals surface area contributed by atoms with Gasteiger partial charge in [0.2, 0.25) is 0 Å². The van der Waals surface area contributed by atoms with Gasteiger partial charge in [-0.05, 0) is 32.8 Å². The minimum atomic E-state index is -0.499. The van der Waals surface area contributed by atoms with Crippen LogP contribution in [0.1, 0.15) is 33.1 Å². The lowest BCUT2D eigenvalue weighted by Gasteiger charge is -2.42. The SMILES string of the molecule is CC1(C)OC[C@H]2OC(CCCO)=CC[C@@H]2O1. The zero-order chi connectivity index (χ0) is 11.6. The van der Waals surface area contributed by atoms with Crippen molar-refractivity contribution in [3.8, 4) is 0 Å². The Morgan fingerprint density at radius 1 is 1.44 bits per heavy atom. The minimum Gasteiger partial charge on any atom is -0.490 e. The molecule has 2 aliphatic heterocycles. The second-order valence-electron chi connectivity index (χ2n) is 4.76. The molecule has 1 N–H and O–H groups in total. The summed E-state index contributed by atoms with van der Waals surface area (Å²) in [6, 6.07) is 0. The van der Waals surface area contributed by atoms with Crippen LogP contribution in [-0.4, -0.2) is 36.3 Å². The van der Waals surface area contributed by atoms with Crippen molar-refractivity contribution >= 4 is 0 Å². The molecule has 0 aromatic heterocycles. The molecule has 1 saturated heterocycles. The first-order chi connectivity index (χ1) is 7.61. The van der Waals surface area contributed by atoms with Crippen molar-refractivity contribution in [2.45, 2.75) is 51.1 Å². The van der Waals surface area contributed by atoms with Crippen molar-refractivity contribution in [2.24, 2.45) is 0 Å². The van der Waals surface area contributed by atoms with Crippen LogP contribution in [0.25, 0.3) is 0 Å². The number of hydrogen-bond acceptors (Lipinski definition) is 4. The predicted octanol–water partition coefficient (Wildman–Crippen LogP) is 1.58. The highest BCUT2D eigenvalue weighted by Gasteiger charge is 2.39. The van der Waals surface area contributed by atoms with Crippen molar-refractivity contribution in [3.63, 3.8) is 0 Å². The highest BCUT2D eigenvalue weighted by atomic mass is 16.7. The van der Waals surface area contributed by atoms with Crippen LogP contribution >= 0.6 is 0 Å². The fourth-order valence-electron chi connectivity index (χ4n) is 2.08. The van der Waals surface area contributed by atoms with Crippen molar-refractivity contribution in [1.82, 2.24) is 0 Å². The minimum absolute atomic E-state index is 0.00622. The van der Waals surface area contributed by atoms with E-state index in [-0.39, 0.29) is 18.8 Å². The topological polar surface area (TPSA) is 47.9 Å². The molecular formula is C12H20O4. The van der Waals surface area contributed by atoms with E-state index in [2.05, 4.69) is 6.08 Å². The van der Waals surface area contributed by atoms with Gasteiger partial charge in [0.25, 0.3) is 0 Å². The fraction of sp³-hybridized carbons (Fsp3) is 0.833. The summed E-state index contributed by atoms with van der Waals surface area (Å²) in [5, 5.41) is 8.77. The number of ether oxygens (including phenoxy) is 3. The smallest absolute Gasteiger partial charge is 0.163 e. The average molecular weight is 228 g/mol. The summed E-state index contributed by atoms with van der Waals surface area (Å²) in [5.74, 6) is 0.461. The summed E-state index contributed by atoms with van der Waals surface area (Å²) in [7, 11) is 0. The van der Waals surface area contributed by atoms with Crippen molar-refractivity contribution < 1.29 is 19.3 Å². The van der Waals surface area contributed by atoms with Gasteiger partial charge in [-0.1, -0.05) is 0 Å². The van der Waals surface area contributed by atoms with Gasteiger partial charge in [-0.15, -0.1) is 0 Å². The second-order valence-corrected chi connectivity index (χ2v) is 4.76. The first-order valence-corrected chi connectivity index (χ1v) is 5.89. The number of hydrogen-bond donors (Lipinski definition) is 1. The molecule has 0 unspecified atom stereocenters. The van der Waals surface area contributed by atoms with Gasteiger partial charge < -0.3 is 19.3 Å². The van der Waals surface area contributed by atoms with Crippen molar-refractivity contribution in [1.29, 1.82) is 0 Å². The van der Waals surface area contributed by atoms with Gasteiger partial charge in [0.05, 0.1) is 12.4 Å². The Hall–Kier alpha value is -0.580. The van der Waals surface area contributed by atoms with Gasteiger partial charge >= 0.3 is 0 Å². The van der Waals surface area contributed by atoms with Crippen LogP contribution in [0.2, 0.25) is 0 Å². The summed E-state index contributed by atoms with van der Waals surface area (Å²) < 4.78 is 17.1. The monoisotopic (exact) mass is 228 g/mol. The molecule has 2 aliphatic rings. The molecule has 4 heteroatoms. The van der Waals surface area contributed by atoms with Crippen LogP contribution in [0.5, 0.6) is 0 Å². The molecule has 0 saturated carbocycles. The molecule has 0 aromatic carbocycles. The predicted molar refractivity (Wildman–Crippen MR) is 58.8 cm³/mol. The van der Waals surface area contributed by atoms with Gasteiger partial charge in [0.1, 0.15) is 12.2 Å². The molecular weight excluding hydrogens is 208 g/mol. The molecule has 2 atom stereocenters. The van der Waals surface area contributed by atoms with Crippen molar-refractivity contribution in [3.05, 3.63) is 11.8 Å². The summed E-state index contributed by atoms with van der Waals surface area (Å²) in [5.41, 5.74) is 0. The molecule has 0 aromatic rings. The lowest BCUT2D eigenvalue weighted by molar-refractivity contribution is -0.308. The quantitative estimate of drug-likeness (QED) is 0.796. The molecule has 1 fully saturated rings. The van der Waals surface area contributed by atoms with E-state index in [1.54, 1.807) is 0 Å². The number of aliphatic hydroxyl groups excluding tert-OH is 1. The lowest BCUT2D eigenvalue weighted by atomic mass is 10.0. The largest absolute Gasteiger partial charge is 0.490 e. The third-order valence-corrected chi connectivity index (χ3v) is 2.91. The third kappa shape index (κ3) is 2.75. The van der Waals surface area contributed by atoms with E-state index in [0.717, 1.165) is 25.0 Å². The molecule has 16 heavy (non-hydrogen) atoms. The highest BCUT2D eigenvalue weighted by molar-refractivity contribution is 5.02. The Balaban J connectivity index is 1.92. The maximum absolute atomic E-state index is 8.77. The van der Waals surface area contributed by atoms with E-state index in [1.165, 1.54) is 0 Å². The standard InChI is InChI=1S/C12H20O4/c1-12(2)14-8-11-10(16-12)6-5-9(15-11)4-3-7-13/h5,10-11,13H,3-4,6-8H2,1-2H3/t10-,11+/m0/s1. The normalized spacial score (nSPS) is 32.6. The Morgan fingerprint density at radius 2 is 2.25 bits per heavy atom. The number of allylic oxidation sites excluding steroid dienone is 1. The zero-order valence-electron chi connectivity index (χ0n) is 9.94. The first-order valence-electron chi connectivity index (χ1n) is 5.89. The molecule has 0 aliphatic carbocycles. The fourth-order valence-corrected chi connectivity index (χ4v) is 2.08. The Labute approximate surface area is 96.2 Å². The molecule has 0 bridgehead atoms. The Kier molecular flexibility index (Phi) is 3.52. The summed E-state index contributed by atoms with van der Waals surface area (Å²) in [6.45, 7) is 4.63. The average Bonchev–Trinajstić information content (AvgIpc) is 2.25. The summed E-state index contributed by atoms with van der Waals surface area (Å²) >= 11 is 0. The number of fused-ring (bicyclic) bond motifs is 1. The van der Waals surface area contributed by atoms with E-state index in [9.17, 15) is 0 Å². The van der Waals surface area contributed by atoms with Crippen molar-refractivity contribution in [2.75, 3.05) is 13.2 Å². The second kappa shape index (κ2) is 4.73. The Bertz CT molecular complexity index is 272. The van der Waals surface area contributed by atoms with Gasteiger partial charge in [-0.2, -0.15) is 0 Å². The van der Waals surface area contributed by atoms with Crippen LogP contribution in [0.15, 0.2) is 11.8 Å². The Morgan fingerprint density at radius 3 is 3.00 bits per heavy atom. The van der Waals surface area contributed by atoms with Crippen LogP contribution in [0.4, 0.5) is 0 Å². The van der Waals surface area contributed by atoms with Gasteiger partial charge in [-0.25, -0.2) is 0 Å². The van der Waals surface area contributed by atoms with E-state index < -0.39 is 5.79 Å². The lowest BCUT2D eigenvalue weighted by Crippen LogP contribution is -2.50. The molecule has 0 radical (unpaired) electrons. The van der Waals surface area contributed by atoms with Gasteiger partial charge in [0.15, 0.2) is 5.79 Å². The van der Waals surface area contributed by atoms with Crippen LogP contribution < -0.4 is 0 Å². The van der Waals surface area contributed by atoms with Gasteiger partial charge in [-0.3, -0.25) is 0 Å². The molecule has 0 amide bonds. The van der Waals surface area contributed by atoms with E-state index in [0.29, 0.717) is 6.61 Å². The maximum Gasteiger partial charge on any atom is 0.163 e. The van der Waals surface area contributed by atoms with Crippen LogP contribution in [0.3, 0.4) is 0 Å². The maximum atomic E-state index is 8.77. The van der Waals surface area contributed by atoms with E-state index >= 15 is 0 Å². The van der Waals surface area contributed by atoms with Gasteiger partial charge in [0, 0.05) is 13.0 Å². The summed E-state index contributed by atoms with van der Waals surface area (Å²) in [6.07, 6.45) is 4.59.